The van der Waals surface area contributed by atoms with E-state index in [9.17, 15) is 14.0 Å². The van der Waals surface area contributed by atoms with Gasteiger partial charge in [0.1, 0.15) is 5.92 Å². The Morgan fingerprint density at radius 2 is 2.17 bits per heavy atom. The Labute approximate surface area is 67.9 Å². The smallest absolute Gasteiger partial charge is 0.269 e. The molecule has 1 aliphatic carbocycles. The number of amides is 2. The van der Waals surface area contributed by atoms with Crippen molar-refractivity contribution in [3.63, 3.8) is 0 Å². The summed E-state index contributed by atoms with van der Waals surface area (Å²) in [6, 6.07) is 0. The van der Waals surface area contributed by atoms with Crippen LogP contribution in [0.4, 0.5) is 4.39 Å². The second kappa shape index (κ2) is 2.03. The van der Waals surface area contributed by atoms with Crippen molar-refractivity contribution in [2.45, 2.75) is 5.67 Å². The van der Waals surface area contributed by atoms with E-state index in [1.165, 1.54) is 12.2 Å². The van der Waals surface area contributed by atoms with Gasteiger partial charge in [-0.05, 0) is 6.08 Å². The van der Waals surface area contributed by atoms with Gasteiger partial charge in [0.2, 0.25) is 11.6 Å². The Hall–Kier alpha value is -1.45. The number of halogens is 1. The van der Waals surface area contributed by atoms with Gasteiger partial charge in [-0.25, -0.2) is 4.39 Å². The largest absolute Gasteiger partial charge is 0.293 e. The molecule has 0 aromatic rings. The molecule has 62 valence electrons. The molecule has 1 aliphatic heterocycles. The SMILES string of the molecule is O=C1NC(=O)C2(F)C=CC=CC12. The first-order valence-electron chi connectivity index (χ1n) is 3.55. The number of alkyl halides is 1. The summed E-state index contributed by atoms with van der Waals surface area (Å²) in [5.41, 5.74) is -2.15. The van der Waals surface area contributed by atoms with Crippen LogP contribution in [0.1, 0.15) is 0 Å². The van der Waals surface area contributed by atoms with Gasteiger partial charge in [-0.2, -0.15) is 0 Å². The number of allylic oxidation sites excluding steroid dienone is 2. The van der Waals surface area contributed by atoms with Gasteiger partial charge in [0.05, 0.1) is 0 Å². The maximum absolute atomic E-state index is 13.6. The second-order valence-corrected chi connectivity index (χ2v) is 2.81. The molecule has 2 unspecified atom stereocenters. The molecule has 0 bridgehead atoms. The summed E-state index contributed by atoms with van der Waals surface area (Å²) >= 11 is 0. The quantitative estimate of drug-likeness (QED) is 0.520. The summed E-state index contributed by atoms with van der Waals surface area (Å²) < 4.78 is 13.6. The minimum atomic E-state index is -2.15. The topological polar surface area (TPSA) is 46.2 Å². The van der Waals surface area contributed by atoms with Crippen molar-refractivity contribution in [2.75, 3.05) is 0 Å². The number of hydrogen-bond acceptors (Lipinski definition) is 2. The summed E-state index contributed by atoms with van der Waals surface area (Å²) in [4.78, 5) is 21.9. The zero-order valence-corrected chi connectivity index (χ0v) is 6.08. The molecule has 0 aromatic carbocycles. The lowest BCUT2D eigenvalue weighted by Crippen LogP contribution is -2.35. The third kappa shape index (κ3) is 0.691. The van der Waals surface area contributed by atoms with Gasteiger partial charge in [0, 0.05) is 0 Å². The molecule has 12 heavy (non-hydrogen) atoms. The highest BCUT2D eigenvalue weighted by Crippen LogP contribution is 2.33. The van der Waals surface area contributed by atoms with Crippen LogP contribution in [0.25, 0.3) is 0 Å². The Kier molecular flexibility index (Phi) is 1.22. The van der Waals surface area contributed by atoms with Crippen molar-refractivity contribution in [1.82, 2.24) is 5.32 Å². The highest BCUT2D eigenvalue weighted by atomic mass is 19.1. The molecule has 0 spiro atoms. The van der Waals surface area contributed by atoms with Crippen molar-refractivity contribution >= 4 is 11.8 Å². The third-order valence-electron chi connectivity index (χ3n) is 2.07. The van der Waals surface area contributed by atoms with E-state index in [1.807, 2.05) is 5.32 Å². The normalized spacial score (nSPS) is 38.2. The number of imide groups is 1. The van der Waals surface area contributed by atoms with Crippen LogP contribution in [0.2, 0.25) is 0 Å². The number of rotatable bonds is 0. The van der Waals surface area contributed by atoms with E-state index in [1.54, 1.807) is 6.08 Å². The minimum Gasteiger partial charge on any atom is -0.293 e. The van der Waals surface area contributed by atoms with Gasteiger partial charge >= 0.3 is 0 Å². The van der Waals surface area contributed by atoms with Crippen LogP contribution in [0, 0.1) is 5.92 Å². The van der Waals surface area contributed by atoms with Crippen LogP contribution in [-0.4, -0.2) is 17.5 Å². The first-order valence-corrected chi connectivity index (χ1v) is 3.55. The van der Waals surface area contributed by atoms with Crippen LogP contribution >= 0.6 is 0 Å². The van der Waals surface area contributed by atoms with Gasteiger partial charge in [0.15, 0.2) is 0 Å². The van der Waals surface area contributed by atoms with E-state index in [0.717, 1.165) is 6.08 Å². The predicted octanol–water partition coefficient (Wildman–Crippen LogP) is 0.0933. The Bertz CT molecular complexity index is 321. The standard InChI is InChI=1S/C8H6FNO2/c9-8-4-2-1-3-5(8)6(11)10-7(8)12/h1-5H,(H,10,11,12). The Morgan fingerprint density at radius 3 is 2.83 bits per heavy atom. The van der Waals surface area contributed by atoms with Crippen molar-refractivity contribution < 1.29 is 14.0 Å². The molecule has 1 saturated heterocycles. The first-order chi connectivity index (χ1) is 5.64. The van der Waals surface area contributed by atoms with Crippen LogP contribution < -0.4 is 5.32 Å². The van der Waals surface area contributed by atoms with E-state index in [0.29, 0.717) is 0 Å². The Balaban J connectivity index is 2.49. The fourth-order valence-electron chi connectivity index (χ4n) is 1.40. The van der Waals surface area contributed by atoms with Gasteiger partial charge in [-0.3, -0.25) is 14.9 Å². The zero-order chi connectivity index (χ0) is 8.77. The van der Waals surface area contributed by atoms with E-state index < -0.39 is 23.4 Å². The third-order valence-corrected chi connectivity index (χ3v) is 2.07. The number of nitrogens with one attached hydrogen (secondary N) is 1. The molecule has 2 atom stereocenters. The molecule has 2 aliphatic rings. The minimum absolute atomic E-state index is 0.567. The van der Waals surface area contributed by atoms with Gasteiger partial charge in [0.25, 0.3) is 5.91 Å². The highest BCUT2D eigenvalue weighted by Gasteiger charge is 2.54. The van der Waals surface area contributed by atoms with Crippen molar-refractivity contribution in [2.24, 2.45) is 5.92 Å². The average molecular weight is 167 g/mol. The molecule has 0 saturated carbocycles. The first kappa shape index (κ1) is 7.21. The van der Waals surface area contributed by atoms with Crippen LogP contribution in [0.5, 0.6) is 0 Å². The summed E-state index contributed by atoms with van der Waals surface area (Å²) in [7, 11) is 0. The number of hydrogen-bond donors (Lipinski definition) is 1. The van der Waals surface area contributed by atoms with Gasteiger partial charge in [-0.1, -0.05) is 18.2 Å². The molecule has 1 heterocycles. The maximum Gasteiger partial charge on any atom is 0.269 e. The second-order valence-electron chi connectivity index (χ2n) is 2.81. The van der Waals surface area contributed by atoms with Crippen molar-refractivity contribution in [3.8, 4) is 0 Å². The number of carbonyl (C=O) groups excluding carboxylic acids is 2. The fraction of sp³-hybridized carbons (Fsp3) is 0.250. The number of carbonyl (C=O) groups is 2. The van der Waals surface area contributed by atoms with E-state index in [-0.39, 0.29) is 0 Å². The van der Waals surface area contributed by atoms with Crippen LogP contribution in [-0.2, 0) is 9.59 Å². The molecule has 0 radical (unpaired) electrons. The van der Waals surface area contributed by atoms with Crippen LogP contribution in [0.15, 0.2) is 24.3 Å². The lowest BCUT2D eigenvalue weighted by Gasteiger charge is -2.17. The molecular formula is C8H6FNO2. The lowest BCUT2D eigenvalue weighted by atomic mass is 9.88. The molecule has 1 N–H and O–H groups in total. The summed E-state index contributed by atoms with van der Waals surface area (Å²) in [5, 5.41) is 1.94. The van der Waals surface area contributed by atoms with Gasteiger partial charge < -0.3 is 0 Å². The van der Waals surface area contributed by atoms with Gasteiger partial charge in [-0.15, -0.1) is 0 Å². The van der Waals surface area contributed by atoms with E-state index in [4.69, 9.17) is 0 Å². The van der Waals surface area contributed by atoms with Crippen molar-refractivity contribution in [3.05, 3.63) is 24.3 Å². The zero-order valence-electron chi connectivity index (χ0n) is 6.08. The van der Waals surface area contributed by atoms with Crippen LogP contribution in [0.3, 0.4) is 0 Å². The predicted molar refractivity (Wildman–Crippen MR) is 38.8 cm³/mol. The maximum atomic E-state index is 13.6. The summed E-state index contributed by atoms with van der Waals surface area (Å²) in [6.45, 7) is 0. The van der Waals surface area contributed by atoms with E-state index in [2.05, 4.69) is 0 Å². The molecule has 1 fully saturated rings. The van der Waals surface area contributed by atoms with E-state index >= 15 is 0 Å². The fourth-order valence-corrected chi connectivity index (χ4v) is 1.40. The lowest BCUT2D eigenvalue weighted by molar-refractivity contribution is -0.128. The average Bonchev–Trinajstić information content (AvgIpc) is 2.25. The highest BCUT2D eigenvalue weighted by molar-refractivity contribution is 6.11. The molecule has 3 nitrogen and oxygen atoms in total. The molecule has 4 heteroatoms. The van der Waals surface area contributed by atoms with Crippen molar-refractivity contribution in [1.29, 1.82) is 0 Å². The summed E-state index contributed by atoms with van der Waals surface area (Å²) in [6.07, 6.45) is 5.48. The summed E-state index contributed by atoms with van der Waals surface area (Å²) in [5.74, 6) is -2.41. The molecule has 2 rings (SSSR count). The Morgan fingerprint density at radius 1 is 1.42 bits per heavy atom. The molecule has 0 aromatic heterocycles. The number of fused-ring (bicyclic) bond motifs is 1. The molecule has 2 amide bonds. The monoisotopic (exact) mass is 167 g/mol. The molecular weight excluding hydrogens is 161 g/mol.